The lowest BCUT2D eigenvalue weighted by Gasteiger charge is -2.40. The summed E-state index contributed by atoms with van der Waals surface area (Å²) in [4.78, 5) is 12.9. The van der Waals surface area contributed by atoms with Crippen LogP contribution in [-0.4, -0.2) is 44.5 Å². The molecule has 1 amide bonds. The number of carbonyl (C=O) groups is 1. The Morgan fingerprint density at radius 3 is 2.32 bits per heavy atom. The maximum Gasteiger partial charge on any atom is 0.268 e. The molecule has 0 spiro atoms. The minimum atomic E-state index is -0.745. The van der Waals surface area contributed by atoms with Crippen molar-refractivity contribution in [1.29, 1.82) is 0 Å². The monoisotopic (exact) mass is 408 g/mol. The van der Waals surface area contributed by atoms with Crippen LogP contribution < -0.4 is 15.3 Å². The maximum atomic E-state index is 12.9. The number of hydrogen-bond acceptors (Lipinski definition) is 5. The Kier molecular flexibility index (Phi) is 6.24. The molecule has 28 heavy (non-hydrogen) atoms. The number of nitrogens with two attached hydrogens (primary N) is 1. The molecule has 0 saturated carbocycles. The van der Waals surface area contributed by atoms with E-state index in [0.29, 0.717) is 23.7 Å². The highest BCUT2D eigenvalue weighted by Crippen LogP contribution is 2.40. The number of hydrazine groups is 1. The fraction of sp³-hybridized carbons (Fsp3) is 0.667. The second-order valence-corrected chi connectivity index (χ2v) is 13.0. The van der Waals surface area contributed by atoms with Gasteiger partial charge < -0.3 is 13.9 Å². The maximum absolute atomic E-state index is 12.9. The third-order valence-corrected chi connectivity index (χ3v) is 6.60. The lowest BCUT2D eigenvalue weighted by molar-refractivity contribution is -0.0503. The molecule has 0 aromatic heterocycles. The molecular formula is C21H36N2O4Si. The summed E-state index contributed by atoms with van der Waals surface area (Å²) in [5, 5.41) is 1.45. The van der Waals surface area contributed by atoms with Gasteiger partial charge in [-0.15, -0.1) is 0 Å². The molecule has 1 atom stereocenters. The van der Waals surface area contributed by atoms with Gasteiger partial charge in [-0.2, -0.15) is 0 Å². The molecule has 6 nitrogen and oxygen atoms in total. The van der Waals surface area contributed by atoms with Crippen LogP contribution in [0.3, 0.4) is 0 Å². The van der Waals surface area contributed by atoms with Crippen molar-refractivity contribution in [3.63, 3.8) is 0 Å². The first-order valence-electron chi connectivity index (χ1n) is 9.80. The standard InChI is InChI=1S/C21H36N2O4Si/c1-13-14(18(24)23(22)19(2,3)4)10-11-15-17(13)26-16(12-25-15)21(8,9)27-28-20(5,6)7/h10-11,16H,12,22,28H2,1-9H3. The summed E-state index contributed by atoms with van der Waals surface area (Å²) in [6.45, 7) is 18.6. The fourth-order valence-electron chi connectivity index (χ4n) is 2.77. The second kappa shape index (κ2) is 7.69. The summed E-state index contributed by atoms with van der Waals surface area (Å²) in [6, 6.07) is 3.53. The molecule has 0 aliphatic carbocycles. The van der Waals surface area contributed by atoms with Crippen LogP contribution in [0, 0.1) is 6.92 Å². The van der Waals surface area contributed by atoms with Gasteiger partial charge in [0.1, 0.15) is 6.61 Å². The Balaban J connectivity index is 2.28. The molecule has 7 heteroatoms. The molecule has 1 unspecified atom stereocenters. The molecule has 1 aromatic rings. The van der Waals surface area contributed by atoms with Crippen molar-refractivity contribution in [2.45, 2.75) is 84.6 Å². The molecule has 1 aromatic carbocycles. The van der Waals surface area contributed by atoms with Crippen molar-refractivity contribution < 1.29 is 18.7 Å². The molecule has 0 fully saturated rings. The van der Waals surface area contributed by atoms with Crippen LogP contribution >= 0.6 is 0 Å². The van der Waals surface area contributed by atoms with E-state index in [1.807, 2.05) is 41.5 Å². The minimum Gasteiger partial charge on any atom is -0.486 e. The first-order chi connectivity index (χ1) is 12.6. The van der Waals surface area contributed by atoms with Gasteiger partial charge in [0.15, 0.2) is 27.4 Å². The van der Waals surface area contributed by atoms with Crippen molar-refractivity contribution in [1.82, 2.24) is 5.01 Å². The number of carbonyl (C=O) groups excluding carboxylic acids is 1. The van der Waals surface area contributed by atoms with E-state index in [9.17, 15) is 4.79 Å². The number of fused-ring (bicyclic) bond motifs is 1. The number of benzene rings is 1. The summed E-state index contributed by atoms with van der Waals surface area (Å²) in [5.74, 6) is 7.05. The predicted molar refractivity (Wildman–Crippen MR) is 115 cm³/mol. The lowest BCUT2D eigenvalue weighted by atomic mass is 9.99. The van der Waals surface area contributed by atoms with E-state index in [-0.39, 0.29) is 17.0 Å². The zero-order valence-corrected chi connectivity index (χ0v) is 20.2. The van der Waals surface area contributed by atoms with Gasteiger partial charge in [-0.25, -0.2) is 5.84 Å². The van der Waals surface area contributed by atoms with E-state index in [2.05, 4.69) is 20.8 Å². The first kappa shape index (κ1) is 22.7. The molecule has 0 radical (unpaired) electrons. The van der Waals surface area contributed by atoms with Crippen molar-refractivity contribution in [2.75, 3.05) is 6.61 Å². The molecule has 0 saturated heterocycles. The Hall–Kier alpha value is -1.57. The Labute approximate surface area is 171 Å². The van der Waals surface area contributed by atoms with Gasteiger partial charge in [-0.05, 0) is 58.7 Å². The van der Waals surface area contributed by atoms with Gasteiger partial charge in [0.2, 0.25) is 0 Å². The number of nitrogens with zero attached hydrogens (tertiary/aromatic N) is 1. The third kappa shape index (κ3) is 5.07. The number of rotatable bonds is 4. The van der Waals surface area contributed by atoms with E-state index in [1.165, 1.54) is 5.01 Å². The van der Waals surface area contributed by atoms with Crippen LogP contribution in [0.5, 0.6) is 11.5 Å². The lowest BCUT2D eigenvalue weighted by Crippen LogP contribution is -2.51. The highest BCUT2D eigenvalue weighted by atomic mass is 28.2. The molecule has 2 N–H and O–H groups in total. The van der Waals surface area contributed by atoms with E-state index in [1.54, 1.807) is 12.1 Å². The zero-order valence-electron chi connectivity index (χ0n) is 18.8. The van der Waals surface area contributed by atoms with Gasteiger partial charge in [-0.3, -0.25) is 9.80 Å². The molecule has 1 heterocycles. The van der Waals surface area contributed by atoms with Crippen LogP contribution in [0.25, 0.3) is 0 Å². The SMILES string of the molecule is Cc1c(C(=O)N(N)C(C)(C)C)ccc2c1OC(C(C)(C)O[SiH2]C(C)(C)C)CO2. The first-order valence-corrected chi connectivity index (χ1v) is 11.1. The van der Waals surface area contributed by atoms with E-state index < -0.39 is 20.9 Å². The number of hydrogen-bond donors (Lipinski definition) is 1. The van der Waals surface area contributed by atoms with Crippen LogP contribution in [0.2, 0.25) is 5.04 Å². The molecule has 1 aliphatic heterocycles. The molecule has 1 aliphatic rings. The number of amides is 1. The predicted octanol–water partition coefficient (Wildman–Crippen LogP) is 3.35. The molecule has 2 rings (SSSR count). The third-order valence-electron chi connectivity index (χ3n) is 4.84. The smallest absolute Gasteiger partial charge is 0.268 e. The van der Waals surface area contributed by atoms with Gasteiger partial charge in [0.05, 0.1) is 11.1 Å². The Bertz CT molecular complexity index is 735. The van der Waals surface area contributed by atoms with Crippen molar-refractivity contribution >= 4 is 15.7 Å². The van der Waals surface area contributed by atoms with Crippen LogP contribution in [0.4, 0.5) is 0 Å². The van der Waals surface area contributed by atoms with Crippen molar-refractivity contribution in [2.24, 2.45) is 5.84 Å². The second-order valence-electron chi connectivity index (χ2n) is 10.3. The fourth-order valence-corrected chi connectivity index (χ4v) is 3.76. The van der Waals surface area contributed by atoms with Crippen molar-refractivity contribution in [3.05, 3.63) is 23.3 Å². The average Bonchev–Trinajstić information content (AvgIpc) is 2.57. The highest BCUT2D eigenvalue weighted by Gasteiger charge is 2.38. The summed E-state index contributed by atoms with van der Waals surface area (Å²) >= 11 is 0. The molecule has 0 bridgehead atoms. The van der Waals surface area contributed by atoms with Gasteiger partial charge >= 0.3 is 0 Å². The zero-order chi connectivity index (χ0) is 21.5. The van der Waals surface area contributed by atoms with Crippen molar-refractivity contribution in [3.8, 4) is 11.5 Å². The summed E-state index contributed by atoms with van der Waals surface area (Å²) in [6.07, 6.45) is -0.254. The topological polar surface area (TPSA) is 74.0 Å². The Morgan fingerprint density at radius 1 is 1.18 bits per heavy atom. The largest absolute Gasteiger partial charge is 0.486 e. The van der Waals surface area contributed by atoms with E-state index >= 15 is 0 Å². The molecule has 158 valence electrons. The van der Waals surface area contributed by atoms with Crippen LogP contribution in [0.1, 0.15) is 71.3 Å². The minimum absolute atomic E-state index is 0.192. The Morgan fingerprint density at radius 2 is 1.79 bits per heavy atom. The summed E-state index contributed by atoms with van der Waals surface area (Å²) in [7, 11) is -0.745. The summed E-state index contributed by atoms with van der Waals surface area (Å²) in [5.41, 5.74) is 0.292. The number of ether oxygens (including phenoxy) is 2. The van der Waals surface area contributed by atoms with E-state index in [4.69, 9.17) is 19.7 Å². The molecular weight excluding hydrogens is 372 g/mol. The van der Waals surface area contributed by atoms with Gasteiger partial charge in [0, 0.05) is 11.1 Å². The highest BCUT2D eigenvalue weighted by molar-refractivity contribution is 6.31. The normalized spacial score (nSPS) is 17.9. The van der Waals surface area contributed by atoms with Crippen LogP contribution in [-0.2, 0) is 4.43 Å². The average molecular weight is 409 g/mol. The van der Waals surface area contributed by atoms with Gasteiger partial charge in [0.25, 0.3) is 5.91 Å². The van der Waals surface area contributed by atoms with Crippen LogP contribution in [0.15, 0.2) is 12.1 Å². The van der Waals surface area contributed by atoms with Gasteiger partial charge in [-0.1, -0.05) is 20.8 Å². The quantitative estimate of drug-likeness (QED) is 0.358. The summed E-state index contributed by atoms with van der Waals surface area (Å²) < 4.78 is 18.5. The van der Waals surface area contributed by atoms with E-state index in [0.717, 1.165) is 5.56 Å².